The molecule has 27 heavy (non-hydrogen) atoms. The average Bonchev–Trinajstić information content (AvgIpc) is 2.64. The van der Waals surface area contributed by atoms with Crippen molar-refractivity contribution in [2.45, 2.75) is 32.5 Å². The van der Waals surface area contributed by atoms with Crippen LogP contribution in [0.3, 0.4) is 0 Å². The van der Waals surface area contributed by atoms with Crippen molar-refractivity contribution in [3.05, 3.63) is 82.9 Å². The zero-order chi connectivity index (χ0) is 19.4. The molecule has 0 amide bonds. The summed E-state index contributed by atoms with van der Waals surface area (Å²) >= 11 is 0. The molecule has 5 heteroatoms. The topological polar surface area (TPSA) is 35.5 Å². The number of hydrogen-bond donors (Lipinski definition) is 0. The molecule has 1 heterocycles. The summed E-state index contributed by atoms with van der Waals surface area (Å²) in [4.78, 5) is 12.0. The van der Waals surface area contributed by atoms with Gasteiger partial charge in [0.2, 0.25) is 0 Å². The van der Waals surface area contributed by atoms with E-state index in [1.165, 1.54) is 24.3 Å². The molecule has 1 aliphatic heterocycles. The molecule has 0 N–H and O–H groups in total. The van der Waals surface area contributed by atoms with E-state index in [1.54, 1.807) is 31.2 Å². The predicted octanol–water partition coefficient (Wildman–Crippen LogP) is 5.29. The third-order valence-corrected chi connectivity index (χ3v) is 4.60. The molecule has 1 aliphatic rings. The van der Waals surface area contributed by atoms with Crippen LogP contribution >= 0.6 is 0 Å². The highest BCUT2D eigenvalue weighted by Crippen LogP contribution is 2.43. The molecule has 2 aromatic carbocycles. The Kier molecular flexibility index (Phi) is 6.01. The third-order valence-electron chi connectivity index (χ3n) is 4.60. The number of carbonyl (C=O) groups excluding carboxylic acids is 1. The minimum atomic E-state index is -0.499. The first-order chi connectivity index (χ1) is 13.0. The normalized spacial score (nSPS) is 22.2. The van der Waals surface area contributed by atoms with Crippen LogP contribution in [0.2, 0.25) is 0 Å². The fourth-order valence-corrected chi connectivity index (χ4v) is 3.37. The molecule has 0 saturated carbocycles. The maximum atomic E-state index is 13.3. The highest BCUT2D eigenvalue weighted by Gasteiger charge is 2.32. The van der Waals surface area contributed by atoms with Crippen molar-refractivity contribution >= 4 is 5.97 Å². The van der Waals surface area contributed by atoms with Gasteiger partial charge in [-0.3, -0.25) is 4.79 Å². The van der Waals surface area contributed by atoms with Crippen molar-refractivity contribution in [3.63, 3.8) is 0 Å². The second kappa shape index (κ2) is 8.44. The van der Waals surface area contributed by atoms with Crippen molar-refractivity contribution in [2.24, 2.45) is 5.92 Å². The monoisotopic (exact) mass is 372 g/mol. The van der Waals surface area contributed by atoms with Gasteiger partial charge in [0.1, 0.15) is 17.7 Å². The zero-order valence-corrected chi connectivity index (χ0v) is 15.3. The van der Waals surface area contributed by atoms with Crippen LogP contribution in [-0.4, -0.2) is 12.6 Å². The summed E-state index contributed by atoms with van der Waals surface area (Å²) in [5, 5.41) is 0. The number of rotatable bonds is 5. The van der Waals surface area contributed by atoms with Crippen molar-refractivity contribution in [1.29, 1.82) is 0 Å². The van der Waals surface area contributed by atoms with Gasteiger partial charge in [0.25, 0.3) is 0 Å². The van der Waals surface area contributed by atoms with Gasteiger partial charge in [-0.05, 0) is 47.9 Å². The Labute approximate surface area is 157 Å². The molecular weight excluding hydrogens is 350 g/mol. The Morgan fingerprint density at radius 3 is 2.11 bits per heavy atom. The molecule has 3 atom stereocenters. The zero-order valence-electron chi connectivity index (χ0n) is 15.3. The molecule has 2 aromatic rings. The molecule has 0 fully saturated rings. The van der Waals surface area contributed by atoms with Gasteiger partial charge in [-0.1, -0.05) is 37.3 Å². The lowest BCUT2D eigenvalue weighted by Gasteiger charge is -2.35. The van der Waals surface area contributed by atoms with Crippen LogP contribution in [0.4, 0.5) is 8.78 Å². The van der Waals surface area contributed by atoms with Crippen molar-refractivity contribution in [2.75, 3.05) is 6.61 Å². The Balaban J connectivity index is 1.94. The van der Waals surface area contributed by atoms with Crippen LogP contribution in [0, 0.1) is 17.6 Å². The van der Waals surface area contributed by atoms with E-state index in [0.29, 0.717) is 6.61 Å². The molecule has 0 unspecified atom stereocenters. The van der Waals surface area contributed by atoms with Gasteiger partial charge < -0.3 is 9.47 Å². The Hall–Kier alpha value is -2.53. The van der Waals surface area contributed by atoms with Gasteiger partial charge >= 0.3 is 5.97 Å². The van der Waals surface area contributed by atoms with E-state index in [0.717, 1.165) is 16.7 Å². The number of benzene rings is 2. The van der Waals surface area contributed by atoms with Crippen LogP contribution in [-0.2, 0) is 14.3 Å². The fourth-order valence-electron chi connectivity index (χ4n) is 3.37. The first-order valence-corrected chi connectivity index (χ1v) is 9.00. The van der Waals surface area contributed by atoms with Crippen LogP contribution in [0.15, 0.2) is 60.2 Å². The molecule has 0 radical (unpaired) electrons. The van der Waals surface area contributed by atoms with Crippen LogP contribution in [0.1, 0.15) is 43.6 Å². The first-order valence-electron chi connectivity index (χ1n) is 9.00. The van der Waals surface area contributed by atoms with Crippen LogP contribution in [0.5, 0.6) is 0 Å². The highest BCUT2D eigenvalue weighted by atomic mass is 19.1. The van der Waals surface area contributed by atoms with E-state index >= 15 is 0 Å². The van der Waals surface area contributed by atoms with Gasteiger partial charge in [0, 0.05) is 5.92 Å². The molecule has 0 saturated heterocycles. The van der Waals surface area contributed by atoms with Gasteiger partial charge in [-0.15, -0.1) is 0 Å². The number of ether oxygens (including phenoxy) is 2. The Morgan fingerprint density at radius 1 is 1.00 bits per heavy atom. The van der Waals surface area contributed by atoms with E-state index in [1.807, 2.05) is 13.0 Å². The second-order valence-electron chi connectivity index (χ2n) is 6.62. The molecule has 3 rings (SSSR count). The molecule has 0 spiro atoms. The van der Waals surface area contributed by atoms with Gasteiger partial charge in [0.05, 0.1) is 19.1 Å². The number of esters is 1. The molecule has 142 valence electrons. The number of halogens is 2. The summed E-state index contributed by atoms with van der Waals surface area (Å²) in [6.07, 6.45) is 1.31. The summed E-state index contributed by atoms with van der Waals surface area (Å²) in [6, 6.07) is 12.2. The lowest BCUT2D eigenvalue weighted by molar-refractivity contribution is -0.143. The predicted molar refractivity (Wildman–Crippen MR) is 97.9 cm³/mol. The number of carbonyl (C=O) groups is 1. The van der Waals surface area contributed by atoms with E-state index < -0.39 is 6.10 Å². The summed E-state index contributed by atoms with van der Waals surface area (Å²) in [5.74, 6) is -0.992. The Bertz CT molecular complexity index is 812. The maximum Gasteiger partial charge on any atom is 0.310 e. The van der Waals surface area contributed by atoms with Gasteiger partial charge in [0.15, 0.2) is 0 Å². The van der Waals surface area contributed by atoms with Crippen molar-refractivity contribution < 1.29 is 23.0 Å². The first kappa shape index (κ1) is 19.2. The quantitative estimate of drug-likeness (QED) is 0.528. The molecule has 0 bridgehead atoms. The van der Waals surface area contributed by atoms with E-state index in [2.05, 4.69) is 0 Å². The van der Waals surface area contributed by atoms with Crippen LogP contribution in [0.25, 0.3) is 0 Å². The second-order valence-corrected chi connectivity index (χ2v) is 6.62. The van der Waals surface area contributed by atoms with E-state index in [-0.39, 0.29) is 36.0 Å². The molecule has 0 aliphatic carbocycles. The standard InChI is InChI=1S/C22H22F2O3/c1-3-26-20(25)13-17-12-14(2)21(15-4-8-18(23)9-5-15)27-22(17)16-6-10-19(24)11-7-16/h4-12,14,21-22H,3,13H2,1-2H3/t14-,21+,22+/m0/s1. The van der Waals surface area contributed by atoms with E-state index in [4.69, 9.17) is 9.47 Å². The molecular formula is C22H22F2O3. The fraction of sp³-hybridized carbons (Fsp3) is 0.318. The number of hydrogen-bond acceptors (Lipinski definition) is 3. The van der Waals surface area contributed by atoms with E-state index in [9.17, 15) is 13.6 Å². The molecule has 3 nitrogen and oxygen atoms in total. The summed E-state index contributed by atoms with van der Waals surface area (Å²) in [7, 11) is 0. The molecule has 0 aromatic heterocycles. The Morgan fingerprint density at radius 2 is 1.56 bits per heavy atom. The average molecular weight is 372 g/mol. The lowest BCUT2D eigenvalue weighted by atomic mass is 9.87. The van der Waals surface area contributed by atoms with Crippen molar-refractivity contribution in [1.82, 2.24) is 0 Å². The SMILES string of the molecule is CCOC(=O)CC1=C[C@H](C)[C@H](c2ccc(F)cc2)O[C@@H]1c1ccc(F)cc1. The highest BCUT2D eigenvalue weighted by molar-refractivity contribution is 5.73. The summed E-state index contributed by atoms with van der Waals surface area (Å²) in [5.41, 5.74) is 2.39. The third kappa shape index (κ3) is 4.61. The lowest BCUT2D eigenvalue weighted by Crippen LogP contribution is -2.24. The minimum absolute atomic E-state index is 0.0170. The minimum Gasteiger partial charge on any atom is -0.466 e. The van der Waals surface area contributed by atoms with Gasteiger partial charge in [-0.25, -0.2) is 8.78 Å². The van der Waals surface area contributed by atoms with Crippen LogP contribution < -0.4 is 0 Å². The summed E-state index contributed by atoms with van der Waals surface area (Å²) < 4.78 is 38.0. The van der Waals surface area contributed by atoms with Gasteiger partial charge in [-0.2, -0.15) is 0 Å². The largest absolute Gasteiger partial charge is 0.466 e. The van der Waals surface area contributed by atoms with Crippen molar-refractivity contribution in [3.8, 4) is 0 Å². The summed E-state index contributed by atoms with van der Waals surface area (Å²) in [6.45, 7) is 4.05. The smallest absolute Gasteiger partial charge is 0.310 e. The maximum absolute atomic E-state index is 13.3.